The first-order chi connectivity index (χ1) is 8.01. The fraction of sp³-hybridized carbons (Fsp3) is 0.929. The lowest BCUT2D eigenvalue weighted by Crippen LogP contribution is -2.55. The summed E-state index contributed by atoms with van der Waals surface area (Å²) in [6, 6.07) is 0. The molecular formula is C14H28N2O. The Morgan fingerprint density at radius 1 is 1.29 bits per heavy atom. The molecule has 1 N–H and O–H groups in total. The van der Waals surface area contributed by atoms with E-state index in [1.165, 1.54) is 25.7 Å². The van der Waals surface area contributed by atoms with Crippen LogP contribution in [0.2, 0.25) is 0 Å². The van der Waals surface area contributed by atoms with Crippen LogP contribution in [-0.2, 0) is 4.79 Å². The monoisotopic (exact) mass is 240 g/mol. The first-order valence-electron chi connectivity index (χ1n) is 7.05. The molecule has 1 aliphatic heterocycles. The van der Waals surface area contributed by atoms with E-state index >= 15 is 0 Å². The molecule has 17 heavy (non-hydrogen) atoms. The van der Waals surface area contributed by atoms with Gasteiger partial charge in [0.05, 0.1) is 5.54 Å². The van der Waals surface area contributed by atoms with Crippen LogP contribution in [0.5, 0.6) is 0 Å². The number of carbonyl (C=O) groups excluding carboxylic acids is 1. The second kappa shape index (κ2) is 6.39. The Kier molecular flexibility index (Phi) is 5.44. The van der Waals surface area contributed by atoms with E-state index in [4.69, 9.17) is 0 Å². The number of nitrogens with zero attached hydrogens (tertiary/aromatic N) is 1. The summed E-state index contributed by atoms with van der Waals surface area (Å²) in [6.45, 7) is 11.0. The molecule has 0 aliphatic carbocycles. The van der Waals surface area contributed by atoms with Crippen molar-refractivity contribution in [2.24, 2.45) is 5.92 Å². The summed E-state index contributed by atoms with van der Waals surface area (Å²) in [7, 11) is 0. The third kappa shape index (κ3) is 3.98. The molecule has 1 aliphatic rings. The Hall–Kier alpha value is -0.570. The van der Waals surface area contributed by atoms with Gasteiger partial charge >= 0.3 is 0 Å². The number of piperidine rings is 1. The zero-order chi connectivity index (χ0) is 12.9. The molecule has 0 unspecified atom stereocenters. The number of rotatable bonds is 5. The first-order valence-corrected chi connectivity index (χ1v) is 7.05. The summed E-state index contributed by atoms with van der Waals surface area (Å²) in [5.41, 5.74) is -0.410. The van der Waals surface area contributed by atoms with E-state index in [0.29, 0.717) is 0 Å². The minimum Gasteiger partial charge on any atom is -0.341 e. The number of likely N-dealkylation sites (tertiary alicyclic amines) is 1. The van der Waals surface area contributed by atoms with Crippen molar-refractivity contribution in [2.45, 2.75) is 58.9 Å². The van der Waals surface area contributed by atoms with Crippen molar-refractivity contribution in [3.8, 4) is 0 Å². The van der Waals surface area contributed by atoms with Crippen molar-refractivity contribution in [2.75, 3.05) is 19.6 Å². The lowest BCUT2D eigenvalue weighted by Gasteiger charge is -2.37. The highest BCUT2D eigenvalue weighted by molar-refractivity contribution is 5.85. The quantitative estimate of drug-likeness (QED) is 0.800. The first kappa shape index (κ1) is 14.5. The molecule has 0 saturated carbocycles. The van der Waals surface area contributed by atoms with Crippen LogP contribution in [0.25, 0.3) is 0 Å². The smallest absolute Gasteiger partial charge is 0.242 e. The van der Waals surface area contributed by atoms with Gasteiger partial charge in [-0.25, -0.2) is 0 Å². The van der Waals surface area contributed by atoms with Gasteiger partial charge in [-0.3, -0.25) is 4.79 Å². The second-order valence-electron chi connectivity index (χ2n) is 5.68. The maximum Gasteiger partial charge on any atom is 0.242 e. The van der Waals surface area contributed by atoms with E-state index in [1.807, 2.05) is 25.7 Å². The number of amides is 1. The highest BCUT2D eigenvalue weighted by atomic mass is 16.2. The van der Waals surface area contributed by atoms with E-state index in [2.05, 4.69) is 12.2 Å². The van der Waals surface area contributed by atoms with Gasteiger partial charge in [0.1, 0.15) is 0 Å². The molecule has 3 heteroatoms. The van der Waals surface area contributed by atoms with Crippen molar-refractivity contribution in [1.82, 2.24) is 10.2 Å². The van der Waals surface area contributed by atoms with Crippen LogP contribution in [0.4, 0.5) is 0 Å². The van der Waals surface area contributed by atoms with Gasteiger partial charge in [0.2, 0.25) is 5.91 Å². The lowest BCUT2D eigenvalue weighted by atomic mass is 9.91. The average Bonchev–Trinajstić information content (AvgIpc) is 2.29. The van der Waals surface area contributed by atoms with Crippen molar-refractivity contribution < 1.29 is 4.79 Å². The molecule has 1 heterocycles. The van der Waals surface area contributed by atoms with Crippen LogP contribution in [-0.4, -0.2) is 36.0 Å². The van der Waals surface area contributed by atoms with Gasteiger partial charge in [0, 0.05) is 13.1 Å². The minimum absolute atomic E-state index is 0.259. The van der Waals surface area contributed by atoms with Gasteiger partial charge in [-0.2, -0.15) is 0 Å². The predicted molar refractivity (Wildman–Crippen MR) is 72.0 cm³/mol. The van der Waals surface area contributed by atoms with E-state index in [0.717, 1.165) is 25.6 Å². The summed E-state index contributed by atoms with van der Waals surface area (Å²) in [5.74, 6) is 1.10. The maximum absolute atomic E-state index is 12.3. The largest absolute Gasteiger partial charge is 0.341 e. The molecule has 0 spiro atoms. The highest BCUT2D eigenvalue weighted by Crippen LogP contribution is 2.23. The molecule has 3 nitrogen and oxygen atoms in total. The number of hydrogen-bond donors (Lipinski definition) is 1. The van der Waals surface area contributed by atoms with Gasteiger partial charge in [-0.1, -0.05) is 26.7 Å². The minimum atomic E-state index is -0.410. The van der Waals surface area contributed by atoms with Crippen LogP contribution in [0, 0.1) is 5.92 Å². The number of likely N-dealkylation sites (N-methyl/N-ethyl adjacent to an activating group) is 1. The molecule has 0 aromatic carbocycles. The molecule has 1 rings (SSSR count). The average molecular weight is 240 g/mol. The standard InChI is InChI=1S/C14H28N2O/c1-5-7-12-8-10-16(11-9-12)13(17)14(3,4)15-6-2/h12,15H,5-11H2,1-4H3. The number of hydrogen-bond acceptors (Lipinski definition) is 2. The zero-order valence-corrected chi connectivity index (χ0v) is 11.9. The third-order valence-electron chi connectivity index (χ3n) is 3.75. The maximum atomic E-state index is 12.3. The fourth-order valence-corrected chi connectivity index (χ4v) is 2.75. The summed E-state index contributed by atoms with van der Waals surface area (Å²) >= 11 is 0. The van der Waals surface area contributed by atoms with Gasteiger partial charge in [-0.15, -0.1) is 0 Å². The normalized spacial score (nSPS) is 18.5. The molecule has 0 bridgehead atoms. The zero-order valence-electron chi connectivity index (χ0n) is 11.9. The van der Waals surface area contributed by atoms with E-state index < -0.39 is 5.54 Å². The molecule has 0 aromatic rings. The van der Waals surface area contributed by atoms with Crippen molar-refractivity contribution in [1.29, 1.82) is 0 Å². The summed E-state index contributed by atoms with van der Waals surface area (Å²) in [4.78, 5) is 14.4. The number of nitrogens with one attached hydrogen (secondary N) is 1. The molecule has 1 fully saturated rings. The van der Waals surface area contributed by atoms with Gasteiger partial charge in [0.15, 0.2) is 0 Å². The lowest BCUT2D eigenvalue weighted by molar-refractivity contribution is -0.138. The Labute approximate surface area is 106 Å². The molecule has 1 saturated heterocycles. The van der Waals surface area contributed by atoms with Gasteiger partial charge in [-0.05, 0) is 39.2 Å². The molecule has 1 amide bonds. The fourth-order valence-electron chi connectivity index (χ4n) is 2.75. The van der Waals surface area contributed by atoms with E-state index in [-0.39, 0.29) is 5.91 Å². The topological polar surface area (TPSA) is 32.3 Å². The van der Waals surface area contributed by atoms with Crippen LogP contribution in [0.1, 0.15) is 53.4 Å². The van der Waals surface area contributed by atoms with Crippen LogP contribution >= 0.6 is 0 Å². The van der Waals surface area contributed by atoms with Crippen LogP contribution < -0.4 is 5.32 Å². The summed E-state index contributed by atoms with van der Waals surface area (Å²) in [6.07, 6.45) is 4.95. The molecule has 100 valence electrons. The number of carbonyl (C=O) groups is 1. The second-order valence-corrected chi connectivity index (χ2v) is 5.68. The van der Waals surface area contributed by atoms with Crippen LogP contribution in [0.3, 0.4) is 0 Å². The van der Waals surface area contributed by atoms with Gasteiger partial charge in [0.25, 0.3) is 0 Å². The molecule has 0 aromatic heterocycles. The highest BCUT2D eigenvalue weighted by Gasteiger charge is 2.32. The predicted octanol–water partition coefficient (Wildman–Crippen LogP) is 2.41. The van der Waals surface area contributed by atoms with Crippen molar-refractivity contribution in [3.05, 3.63) is 0 Å². The van der Waals surface area contributed by atoms with Crippen molar-refractivity contribution in [3.63, 3.8) is 0 Å². The molecular weight excluding hydrogens is 212 g/mol. The Bertz CT molecular complexity index is 243. The van der Waals surface area contributed by atoms with E-state index in [9.17, 15) is 4.79 Å². The van der Waals surface area contributed by atoms with Crippen LogP contribution in [0.15, 0.2) is 0 Å². The Morgan fingerprint density at radius 3 is 2.35 bits per heavy atom. The third-order valence-corrected chi connectivity index (χ3v) is 3.75. The molecule has 0 atom stereocenters. The van der Waals surface area contributed by atoms with Gasteiger partial charge < -0.3 is 10.2 Å². The van der Waals surface area contributed by atoms with E-state index in [1.54, 1.807) is 0 Å². The van der Waals surface area contributed by atoms with Crippen molar-refractivity contribution >= 4 is 5.91 Å². The Morgan fingerprint density at radius 2 is 1.88 bits per heavy atom. The summed E-state index contributed by atoms with van der Waals surface area (Å²) in [5, 5.41) is 3.26. The molecule has 0 radical (unpaired) electrons. The summed E-state index contributed by atoms with van der Waals surface area (Å²) < 4.78 is 0. The SMILES string of the molecule is CCCC1CCN(C(=O)C(C)(C)NCC)CC1. The Balaban J connectivity index is 2.45.